The highest BCUT2D eigenvalue weighted by Gasteiger charge is 2.37. The number of aromatic nitrogens is 1. The molecule has 1 amide bonds. The third-order valence-corrected chi connectivity index (χ3v) is 8.80. The molecule has 2 aromatic rings. The van der Waals surface area contributed by atoms with E-state index in [1.807, 2.05) is 37.8 Å². The molecule has 2 aliphatic heterocycles. The fraction of sp³-hybridized carbons (Fsp3) is 0.562. The monoisotopic (exact) mass is 596 g/mol. The highest BCUT2D eigenvalue weighted by Crippen LogP contribution is 2.33. The number of nitrogens with two attached hydrogens (primary N) is 1. The molecular formula is C32H48N6O5. The Labute approximate surface area is 254 Å². The van der Waals surface area contributed by atoms with Crippen molar-refractivity contribution in [1.29, 1.82) is 0 Å². The van der Waals surface area contributed by atoms with Crippen LogP contribution in [0.4, 0.5) is 11.4 Å². The van der Waals surface area contributed by atoms with E-state index >= 15 is 0 Å². The summed E-state index contributed by atoms with van der Waals surface area (Å²) in [6.07, 6.45) is 4.51. The van der Waals surface area contributed by atoms with Crippen molar-refractivity contribution in [2.24, 2.45) is 10.7 Å². The topological polar surface area (TPSA) is 153 Å². The standard InChI is InChI=1S/C31H46N6O3.CH2O2/c1-8-31(12-15-36(16-13-31)30(5,6)7)35-25-11-14-33-28(38)26(25)27(32)34-23-9-10-24(20(2)19-23)29(39)37-17-18-40-22(4)21(37)3;2-1-3/h9-11,14,19,21-22H,8,12-13,15-18H2,1-7H3,(H2,32,34)(H2,33,35,38);1H,(H,2,3). The summed E-state index contributed by atoms with van der Waals surface area (Å²) in [6.45, 7) is 17.7. The van der Waals surface area contributed by atoms with Crippen molar-refractivity contribution in [3.8, 4) is 0 Å². The Hall–Kier alpha value is -3.70. The number of ether oxygens (including phenoxy) is 1. The number of hydrogen-bond acceptors (Lipinski definition) is 7. The molecule has 2 unspecified atom stereocenters. The normalized spacial score (nSPS) is 21.0. The van der Waals surface area contributed by atoms with Gasteiger partial charge in [-0.15, -0.1) is 0 Å². The number of amidine groups is 1. The largest absolute Gasteiger partial charge is 0.483 e. The van der Waals surface area contributed by atoms with Gasteiger partial charge < -0.3 is 30.8 Å². The van der Waals surface area contributed by atoms with Crippen LogP contribution in [-0.4, -0.2) is 87.6 Å². The fourth-order valence-electron chi connectivity index (χ4n) is 5.82. The lowest BCUT2D eigenvalue weighted by Crippen LogP contribution is -2.54. The van der Waals surface area contributed by atoms with Crippen LogP contribution < -0.4 is 16.6 Å². The minimum absolute atomic E-state index is 0.00293. The minimum atomic E-state index is -0.288. The highest BCUT2D eigenvalue weighted by atomic mass is 16.5. The van der Waals surface area contributed by atoms with Crippen molar-refractivity contribution in [1.82, 2.24) is 14.8 Å². The zero-order valence-electron chi connectivity index (χ0n) is 26.6. The van der Waals surface area contributed by atoms with E-state index in [-0.39, 0.29) is 47.0 Å². The first kappa shape index (κ1) is 33.8. The molecule has 2 atom stereocenters. The van der Waals surface area contributed by atoms with Crippen LogP contribution in [0.25, 0.3) is 0 Å². The summed E-state index contributed by atoms with van der Waals surface area (Å²) in [5.74, 6) is 0.119. The Kier molecular flexibility index (Phi) is 11.1. The van der Waals surface area contributed by atoms with Crippen molar-refractivity contribution in [2.75, 3.05) is 31.6 Å². The second-order valence-electron chi connectivity index (χ2n) is 12.4. The van der Waals surface area contributed by atoms with Crippen LogP contribution in [0, 0.1) is 6.92 Å². The average Bonchev–Trinajstić information content (AvgIpc) is 2.94. The smallest absolute Gasteiger partial charge is 0.290 e. The van der Waals surface area contributed by atoms with Crippen LogP contribution in [0.3, 0.4) is 0 Å². The lowest BCUT2D eigenvalue weighted by atomic mass is 9.83. The molecule has 236 valence electrons. The Morgan fingerprint density at radius 1 is 1.23 bits per heavy atom. The molecule has 43 heavy (non-hydrogen) atoms. The molecule has 2 saturated heterocycles. The number of benzene rings is 1. The van der Waals surface area contributed by atoms with Crippen LogP contribution in [0.2, 0.25) is 0 Å². The van der Waals surface area contributed by atoms with Crippen molar-refractivity contribution in [3.05, 3.63) is 57.5 Å². The molecule has 11 nitrogen and oxygen atoms in total. The molecule has 1 aromatic heterocycles. The number of rotatable bonds is 6. The molecule has 4 rings (SSSR count). The summed E-state index contributed by atoms with van der Waals surface area (Å²) in [4.78, 5) is 46.4. The minimum Gasteiger partial charge on any atom is -0.483 e. The second kappa shape index (κ2) is 14.2. The van der Waals surface area contributed by atoms with E-state index in [2.05, 4.69) is 47.9 Å². The van der Waals surface area contributed by atoms with Crippen molar-refractivity contribution >= 4 is 29.6 Å². The van der Waals surface area contributed by atoms with Gasteiger partial charge in [-0.1, -0.05) is 6.92 Å². The quantitative estimate of drug-likeness (QED) is 0.221. The van der Waals surface area contributed by atoms with Gasteiger partial charge in [0, 0.05) is 42.5 Å². The number of carboxylic acid groups (broad SMARTS) is 1. The molecule has 5 N–H and O–H groups in total. The molecule has 11 heteroatoms. The van der Waals surface area contributed by atoms with Gasteiger partial charge in [-0.3, -0.25) is 19.3 Å². The summed E-state index contributed by atoms with van der Waals surface area (Å²) in [5.41, 5.74) is 9.25. The lowest BCUT2D eigenvalue weighted by molar-refractivity contribution is -0.122. The summed E-state index contributed by atoms with van der Waals surface area (Å²) in [7, 11) is 0. The number of H-pyrrole nitrogens is 1. The van der Waals surface area contributed by atoms with E-state index in [1.165, 1.54) is 0 Å². The molecule has 2 fully saturated rings. The van der Waals surface area contributed by atoms with Crippen molar-refractivity contribution in [2.45, 2.75) is 91.0 Å². The number of nitrogens with one attached hydrogen (secondary N) is 2. The molecule has 0 radical (unpaired) electrons. The number of anilines is 1. The van der Waals surface area contributed by atoms with Crippen LogP contribution >= 0.6 is 0 Å². The number of carbonyl (C=O) groups is 2. The first-order valence-electron chi connectivity index (χ1n) is 15.0. The van der Waals surface area contributed by atoms with Crippen LogP contribution in [-0.2, 0) is 9.53 Å². The predicted octanol–water partition coefficient (Wildman–Crippen LogP) is 4.13. The summed E-state index contributed by atoms with van der Waals surface area (Å²) in [6, 6.07) is 7.28. The van der Waals surface area contributed by atoms with Gasteiger partial charge in [0.15, 0.2) is 0 Å². The number of likely N-dealkylation sites (tertiary alicyclic amines) is 1. The molecule has 0 saturated carbocycles. The Morgan fingerprint density at radius 3 is 2.47 bits per heavy atom. The molecule has 2 aliphatic rings. The number of aliphatic imine (C=N–C) groups is 1. The number of pyridine rings is 1. The first-order valence-corrected chi connectivity index (χ1v) is 15.0. The Morgan fingerprint density at radius 2 is 1.88 bits per heavy atom. The van der Waals surface area contributed by atoms with Gasteiger partial charge in [0.05, 0.1) is 30.1 Å². The van der Waals surface area contributed by atoms with E-state index in [0.717, 1.165) is 37.9 Å². The van der Waals surface area contributed by atoms with Crippen molar-refractivity contribution < 1.29 is 19.4 Å². The first-order chi connectivity index (χ1) is 20.3. The maximum Gasteiger partial charge on any atom is 0.290 e. The molecular weight excluding hydrogens is 548 g/mol. The van der Waals surface area contributed by atoms with E-state index in [0.29, 0.717) is 35.7 Å². The Bertz CT molecular complexity index is 1360. The van der Waals surface area contributed by atoms with Crippen LogP contribution in [0.1, 0.15) is 82.3 Å². The number of piperidine rings is 1. The maximum atomic E-state index is 13.3. The lowest BCUT2D eigenvalue weighted by Gasteiger charge is -2.47. The number of carbonyl (C=O) groups excluding carboxylic acids is 1. The zero-order chi connectivity index (χ0) is 31.9. The van der Waals surface area contributed by atoms with Crippen molar-refractivity contribution in [3.63, 3.8) is 0 Å². The third kappa shape index (κ3) is 8.03. The van der Waals surface area contributed by atoms with Crippen LogP contribution in [0.15, 0.2) is 40.2 Å². The van der Waals surface area contributed by atoms with Gasteiger partial charge >= 0.3 is 0 Å². The molecule has 0 aliphatic carbocycles. The van der Waals surface area contributed by atoms with Gasteiger partial charge in [-0.05, 0) is 90.6 Å². The summed E-state index contributed by atoms with van der Waals surface area (Å²) >= 11 is 0. The number of aryl methyl sites for hydroxylation is 1. The summed E-state index contributed by atoms with van der Waals surface area (Å²) < 4.78 is 5.68. The molecule has 3 heterocycles. The van der Waals surface area contributed by atoms with E-state index in [1.54, 1.807) is 18.3 Å². The van der Waals surface area contributed by atoms with E-state index < -0.39 is 0 Å². The molecule has 1 aromatic carbocycles. The van der Waals surface area contributed by atoms with Gasteiger partial charge in [-0.2, -0.15) is 0 Å². The Balaban J connectivity index is 0.00000162. The van der Waals surface area contributed by atoms with Crippen LogP contribution in [0.5, 0.6) is 0 Å². The number of hydrogen-bond donors (Lipinski definition) is 4. The average molecular weight is 597 g/mol. The van der Waals surface area contributed by atoms with Gasteiger partial charge in [-0.25, -0.2) is 4.99 Å². The number of morpholine rings is 1. The molecule has 0 bridgehead atoms. The third-order valence-electron chi connectivity index (χ3n) is 8.80. The number of amides is 1. The maximum absolute atomic E-state index is 13.3. The second-order valence-corrected chi connectivity index (χ2v) is 12.4. The number of aromatic amines is 1. The van der Waals surface area contributed by atoms with E-state index in [9.17, 15) is 9.59 Å². The fourth-order valence-corrected chi connectivity index (χ4v) is 5.82. The zero-order valence-corrected chi connectivity index (χ0v) is 26.6. The summed E-state index contributed by atoms with van der Waals surface area (Å²) in [5, 5.41) is 10.6. The predicted molar refractivity (Wildman–Crippen MR) is 170 cm³/mol. The highest BCUT2D eigenvalue weighted by molar-refractivity contribution is 6.03. The SMILES string of the molecule is CCC1(Nc2cc[nH]c(=O)c2C(N)=Nc2ccc(C(=O)N3CCOC(C)C3C)c(C)c2)CCN(C(C)(C)C)CC1.O=CO. The van der Waals surface area contributed by atoms with Gasteiger partial charge in [0.2, 0.25) is 0 Å². The van der Waals surface area contributed by atoms with E-state index in [4.69, 9.17) is 20.4 Å². The van der Waals surface area contributed by atoms with Gasteiger partial charge in [0.1, 0.15) is 11.4 Å². The molecule has 0 spiro atoms. The van der Waals surface area contributed by atoms with Gasteiger partial charge in [0.25, 0.3) is 17.9 Å². The number of nitrogens with zero attached hydrogens (tertiary/aromatic N) is 3.